The molecule has 0 atom stereocenters. The summed E-state index contributed by atoms with van der Waals surface area (Å²) in [6.45, 7) is 2.34. The van der Waals surface area contributed by atoms with Gasteiger partial charge in [0, 0.05) is 22.7 Å². The summed E-state index contributed by atoms with van der Waals surface area (Å²) in [7, 11) is 0. The van der Waals surface area contributed by atoms with Gasteiger partial charge in [0.1, 0.15) is 5.75 Å². The first-order chi connectivity index (χ1) is 10.5. The van der Waals surface area contributed by atoms with Gasteiger partial charge >= 0.3 is 6.18 Å². The number of H-pyrrole nitrogens is 1. The maximum Gasteiger partial charge on any atom is 0.416 e. The summed E-state index contributed by atoms with van der Waals surface area (Å²) in [5.41, 5.74) is 1.44. The second kappa shape index (κ2) is 5.36. The van der Waals surface area contributed by atoms with Crippen LogP contribution in [0.4, 0.5) is 13.2 Å². The molecule has 0 radical (unpaired) electrons. The van der Waals surface area contributed by atoms with Gasteiger partial charge in [-0.25, -0.2) is 0 Å². The fraction of sp³-hybridized carbons (Fsp3) is 0.188. The summed E-state index contributed by atoms with van der Waals surface area (Å²) in [6, 6.07) is 7.08. The molecule has 3 nitrogen and oxygen atoms in total. The lowest BCUT2D eigenvalue weighted by Crippen LogP contribution is -2.03. The molecule has 114 valence electrons. The number of fused-ring (bicyclic) bond motifs is 1. The fourth-order valence-electron chi connectivity index (χ4n) is 2.33. The minimum absolute atomic E-state index is 0.483. The Labute approximate surface area is 124 Å². The highest BCUT2D eigenvalue weighted by molar-refractivity contribution is 5.87. The first-order valence-electron chi connectivity index (χ1n) is 6.76. The molecule has 0 spiro atoms. The molecular weight excluding hydrogens is 293 g/mol. The predicted molar refractivity (Wildman–Crippen MR) is 77.7 cm³/mol. The van der Waals surface area contributed by atoms with Gasteiger partial charge in [-0.15, -0.1) is 0 Å². The molecule has 1 N–H and O–H groups in total. The van der Waals surface area contributed by atoms with Gasteiger partial charge < -0.3 is 9.72 Å². The first-order valence-corrected chi connectivity index (χ1v) is 6.76. The van der Waals surface area contributed by atoms with Crippen LogP contribution in [-0.4, -0.2) is 16.6 Å². The summed E-state index contributed by atoms with van der Waals surface area (Å²) in [5.74, 6) is 0.590. The van der Waals surface area contributed by atoms with Gasteiger partial charge in [-0.1, -0.05) is 0 Å². The summed E-state index contributed by atoms with van der Waals surface area (Å²) < 4.78 is 43.8. The van der Waals surface area contributed by atoms with Crippen molar-refractivity contribution in [1.29, 1.82) is 0 Å². The summed E-state index contributed by atoms with van der Waals surface area (Å²) in [5, 5.41) is 0.504. The molecule has 0 saturated heterocycles. The van der Waals surface area contributed by atoms with Crippen LogP contribution in [-0.2, 0) is 6.18 Å². The van der Waals surface area contributed by atoms with Gasteiger partial charge in [0.2, 0.25) is 0 Å². The van der Waals surface area contributed by atoms with Crippen molar-refractivity contribution in [1.82, 2.24) is 9.97 Å². The molecular formula is C16H13F3N2O. The Hall–Kier alpha value is -2.50. The molecule has 0 saturated carbocycles. The zero-order valence-corrected chi connectivity index (χ0v) is 11.7. The van der Waals surface area contributed by atoms with Crippen LogP contribution in [0.1, 0.15) is 12.5 Å². The van der Waals surface area contributed by atoms with E-state index in [-0.39, 0.29) is 0 Å². The van der Waals surface area contributed by atoms with Crippen LogP contribution in [0, 0.1) is 0 Å². The second-order valence-corrected chi connectivity index (χ2v) is 4.79. The molecule has 0 aliphatic carbocycles. The van der Waals surface area contributed by atoms with Crippen molar-refractivity contribution >= 4 is 10.9 Å². The number of nitrogens with zero attached hydrogens (tertiary/aromatic N) is 1. The second-order valence-electron chi connectivity index (χ2n) is 4.79. The molecule has 0 amide bonds. The Balaban J connectivity index is 2.09. The van der Waals surface area contributed by atoms with E-state index < -0.39 is 11.7 Å². The van der Waals surface area contributed by atoms with Crippen LogP contribution in [0.3, 0.4) is 0 Å². The Bertz CT molecular complexity index is 809. The third kappa shape index (κ3) is 2.64. The molecule has 0 aliphatic rings. The number of aromatic amines is 1. The van der Waals surface area contributed by atoms with E-state index in [1.807, 2.05) is 6.92 Å². The molecule has 0 unspecified atom stereocenters. The molecule has 1 aromatic carbocycles. The van der Waals surface area contributed by atoms with Gasteiger partial charge in [-0.2, -0.15) is 13.2 Å². The topological polar surface area (TPSA) is 37.9 Å². The van der Waals surface area contributed by atoms with E-state index >= 15 is 0 Å². The molecule has 2 heterocycles. The van der Waals surface area contributed by atoms with E-state index in [1.165, 1.54) is 6.07 Å². The van der Waals surface area contributed by atoms with Crippen molar-refractivity contribution in [3.63, 3.8) is 0 Å². The van der Waals surface area contributed by atoms with Crippen molar-refractivity contribution in [2.24, 2.45) is 0 Å². The lowest BCUT2D eigenvalue weighted by molar-refractivity contribution is -0.137. The third-order valence-electron chi connectivity index (χ3n) is 3.32. The number of ether oxygens (including phenoxy) is 1. The quantitative estimate of drug-likeness (QED) is 0.765. The molecule has 0 bridgehead atoms. The SMILES string of the molecule is CCOc1cnccc1-c1cc2cc(C(F)(F)F)ccc2[nH]1. The maximum atomic E-state index is 12.8. The molecule has 3 aromatic rings. The predicted octanol–water partition coefficient (Wildman–Crippen LogP) is 4.65. The molecule has 22 heavy (non-hydrogen) atoms. The van der Waals surface area contributed by atoms with Crippen molar-refractivity contribution < 1.29 is 17.9 Å². The highest BCUT2D eigenvalue weighted by atomic mass is 19.4. The van der Waals surface area contributed by atoms with E-state index in [4.69, 9.17) is 4.74 Å². The lowest BCUT2D eigenvalue weighted by Gasteiger charge is -2.07. The van der Waals surface area contributed by atoms with Crippen molar-refractivity contribution in [3.8, 4) is 17.0 Å². The van der Waals surface area contributed by atoms with E-state index in [0.29, 0.717) is 29.0 Å². The number of alkyl halides is 3. The summed E-state index contributed by atoms with van der Waals surface area (Å²) in [6.07, 6.45) is -1.14. The average molecular weight is 306 g/mol. The monoisotopic (exact) mass is 306 g/mol. The maximum absolute atomic E-state index is 12.8. The summed E-state index contributed by atoms with van der Waals surface area (Å²) >= 11 is 0. The van der Waals surface area contributed by atoms with Crippen molar-refractivity contribution in [2.75, 3.05) is 6.61 Å². The van der Waals surface area contributed by atoms with E-state index in [2.05, 4.69) is 9.97 Å². The zero-order chi connectivity index (χ0) is 15.7. The van der Waals surface area contributed by atoms with E-state index in [9.17, 15) is 13.2 Å². The number of aromatic nitrogens is 2. The van der Waals surface area contributed by atoms with E-state index in [1.54, 1.807) is 24.5 Å². The number of benzene rings is 1. The molecule has 3 rings (SSSR count). The van der Waals surface area contributed by atoms with Crippen molar-refractivity contribution in [2.45, 2.75) is 13.1 Å². The van der Waals surface area contributed by atoms with Gasteiger partial charge in [-0.05, 0) is 37.3 Å². The third-order valence-corrected chi connectivity index (χ3v) is 3.32. The molecule has 0 fully saturated rings. The van der Waals surface area contributed by atoms with Crippen LogP contribution >= 0.6 is 0 Å². The van der Waals surface area contributed by atoms with Gasteiger partial charge in [0.15, 0.2) is 0 Å². The minimum Gasteiger partial charge on any atom is -0.492 e. The van der Waals surface area contributed by atoms with Crippen LogP contribution in [0.5, 0.6) is 5.75 Å². The minimum atomic E-state index is -4.35. The standard InChI is InChI=1S/C16H13F3N2O/c1-2-22-15-9-20-6-5-12(15)14-8-10-7-11(16(17,18)19)3-4-13(10)21-14/h3-9,21H,2H2,1H3. The van der Waals surface area contributed by atoms with Crippen LogP contribution in [0.15, 0.2) is 42.7 Å². The normalized spacial score (nSPS) is 11.8. The number of rotatable bonds is 3. The van der Waals surface area contributed by atoms with Gasteiger partial charge in [0.05, 0.1) is 24.1 Å². The lowest BCUT2D eigenvalue weighted by atomic mass is 10.1. The molecule has 2 aromatic heterocycles. The Morgan fingerprint density at radius 3 is 2.73 bits per heavy atom. The highest BCUT2D eigenvalue weighted by Gasteiger charge is 2.30. The van der Waals surface area contributed by atoms with Crippen LogP contribution in [0.25, 0.3) is 22.2 Å². The molecule has 0 aliphatic heterocycles. The fourth-order valence-corrected chi connectivity index (χ4v) is 2.33. The summed E-state index contributed by atoms with van der Waals surface area (Å²) in [4.78, 5) is 7.12. The Morgan fingerprint density at radius 2 is 2.00 bits per heavy atom. The average Bonchev–Trinajstić information content (AvgIpc) is 2.90. The van der Waals surface area contributed by atoms with Gasteiger partial charge in [-0.3, -0.25) is 4.98 Å². The highest BCUT2D eigenvalue weighted by Crippen LogP contribution is 2.34. The Kier molecular flexibility index (Phi) is 3.52. The number of nitrogens with one attached hydrogen (secondary N) is 1. The first kappa shape index (κ1) is 14.4. The zero-order valence-electron chi connectivity index (χ0n) is 11.7. The number of halogens is 3. The van der Waals surface area contributed by atoms with Crippen LogP contribution < -0.4 is 4.74 Å². The van der Waals surface area contributed by atoms with E-state index in [0.717, 1.165) is 17.7 Å². The van der Waals surface area contributed by atoms with Crippen molar-refractivity contribution in [3.05, 3.63) is 48.3 Å². The number of hydrogen-bond acceptors (Lipinski definition) is 2. The largest absolute Gasteiger partial charge is 0.492 e. The van der Waals surface area contributed by atoms with Gasteiger partial charge in [0.25, 0.3) is 0 Å². The smallest absolute Gasteiger partial charge is 0.416 e. The number of hydrogen-bond donors (Lipinski definition) is 1. The Morgan fingerprint density at radius 1 is 1.18 bits per heavy atom. The number of pyridine rings is 1. The van der Waals surface area contributed by atoms with Crippen LogP contribution in [0.2, 0.25) is 0 Å². The molecule has 6 heteroatoms.